The van der Waals surface area contributed by atoms with Gasteiger partial charge in [-0.3, -0.25) is 0 Å². The maximum absolute atomic E-state index is 5.41. The lowest BCUT2D eigenvalue weighted by Gasteiger charge is -2.10. The van der Waals surface area contributed by atoms with Crippen molar-refractivity contribution < 1.29 is 4.74 Å². The van der Waals surface area contributed by atoms with Crippen molar-refractivity contribution in [2.45, 2.75) is 19.8 Å². The number of rotatable bonds is 4. The lowest BCUT2D eigenvalue weighted by Crippen LogP contribution is -1.97. The van der Waals surface area contributed by atoms with Crippen LogP contribution in [0.1, 0.15) is 18.9 Å². The average molecular weight is 216 g/mol. The third-order valence-corrected chi connectivity index (χ3v) is 2.57. The zero-order chi connectivity index (χ0) is 11.4. The van der Waals surface area contributed by atoms with Crippen LogP contribution in [0.5, 0.6) is 5.75 Å². The molecule has 3 heteroatoms. The quantitative estimate of drug-likeness (QED) is 0.785. The molecule has 16 heavy (non-hydrogen) atoms. The number of aromatic nitrogens is 2. The largest absolute Gasteiger partial charge is 0.495 e. The summed E-state index contributed by atoms with van der Waals surface area (Å²) in [6.07, 6.45) is 7.68. The van der Waals surface area contributed by atoms with Crippen LogP contribution < -0.4 is 4.74 Å². The maximum Gasteiger partial charge on any atom is 0.143 e. The second-order valence-corrected chi connectivity index (χ2v) is 3.73. The predicted molar refractivity (Wildman–Crippen MR) is 64.1 cm³/mol. The normalized spacial score (nSPS) is 10.4. The summed E-state index contributed by atoms with van der Waals surface area (Å²) >= 11 is 0. The summed E-state index contributed by atoms with van der Waals surface area (Å²) in [4.78, 5) is 4.04. The first-order valence-corrected chi connectivity index (χ1v) is 5.50. The van der Waals surface area contributed by atoms with E-state index in [9.17, 15) is 0 Å². The van der Waals surface area contributed by atoms with Crippen LogP contribution in [-0.4, -0.2) is 16.7 Å². The Morgan fingerprint density at radius 2 is 2.25 bits per heavy atom. The first-order chi connectivity index (χ1) is 7.85. The molecular weight excluding hydrogens is 200 g/mol. The number of imidazole rings is 1. The van der Waals surface area contributed by atoms with Crippen molar-refractivity contribution in [1.82, 2.24) is 9.55 Å². The van der Waals surface area contributed by atoms with E-state index in [1.54, 1.807) is 19.6 Å². The Labute approximate surface area is 95.7 Å². The van der Waals surface area contributed by atoms with Gasteiger partial charge in [0.25, 0.3) is 0 Å². The molecule has 2 aromatic rings. The zero-order valence-electron chi connectivity index (χ0n) is 9.68. The number of ether oxygens (including phenoxy) is 1. The Hall–Kier alpha value is -1.77. The van der Waals surface area contributed by atoms with Crippen LogP contribution in [0, 0.1) is 0 Å². The van der Waals surface area contributed by atoms with Crippen molar-refractivity contribution in [3.05, 3.63) is 42.5 Å². The highest BCUT2D eigenvalue weighted by molar-refractivity contribution is 5.48. The van der Waals surface area contributed by atoms with Crippen molar-refractivity contribution >= 4 is 0 Å². The van der Waals surface area contributed by atoms with Gasteiger partial charge in [0, 0.05) is 12.4 Å². The molecule has 84 valence electrons. The summed E-state index contributed by atoms with van der Waals surface area (Å²) in [7, 11) is 1.70. The number of methoxy groups -OCH3 is 1. The van der Waals surface area contributed by atoms with Gasteiger partial charge in [-0.05, 0) is 24.1 Å². The van der Waals surface area contributed by atoms with Gasteiger partial charge in [-0.1, -0.05) is 19.4 Å². The molecule has 1 heterocycles. The van der Waals surface area contributed by atoms with E-state index in [1.165, 1.54) is 5.56 Å². The number of nitrogens with zero attached hydrogens (tertiary/aromatic N) is 2. The van der Waals surface area contributed by atoms with Crippen molar-refractivity contribution in [2.24, 2.45) is 0 Å². The van der Waals surface area contributed by atoms with Crippen LogP contribution in [0.25, 0.3) is 5.69 Å². The van der Waals surface area contributed by atoms with Crippen LogP contribution in [0.2, 0.25) is 0 Å². The first-order valence-electron chi connectivity index (χ1n) is 5.50. The van der Waals surface area contributed by atoms with Crippen LogP contribution in [-0.2, 0) is 6.42 Å². The van der Waals surface area contributed by atoms with E-state index in [0.717, 1.165) is 24.3 Å². The Morgan fingerprint density at radius 1 is 1.38 bits per heavy atom. The van der Waals surface area contributed by atoms with Crippen LogP contribution in [0.4, 0.5) is 0 Å². The van der Waals surface area contributed by atoms with Gasteiger partial charge in [-0.15, -0.1) is 0 Å². The van der Waals surface area contributed by atoms with E-state index in [-0.39, 0.29) is 0 Å². The lowest BCUT2D eigenvalue weighted by molar-refractivity contribution is 0.412. The summed E-state index contributed by atoms with van der Waals surface area (Å²) in [6.45, 7) is 2.18. The van der Waals surface area contributed by atoms with Gasteiger partial charge in [0.05, 0.1) is 19.1 Å². The Morgan fingerprint density at radius 3 is 2.88 bits per heavy atom. The highest BCUT2D eigenvalue weighted by atomic mass is 16.5. The van der Waals surface area contributed by atoms with E-state index in [4.69, 9.17) is 4.74 Å². The summed E-state index contributed by atoms with van der Waals surface area (Å²) < 4.78 is 7.36. The predicted octanol–water partition coefficient (Wildman–Crippen LogP) is 2.83. The van der Waals surface area contributed by atoms with Gasteiger partial charge >= 0.3 is 0 Å². The molecule has 0 N–H and O–H groups in total. The second-order valence-electron chi connectivity index (χ2n) is 3.73. The van der Waals surface area contributed by atoms with Gasteiger partial charge < -0.3 is 9.30 Å². The molecular formula is C13H16N2O. The fourth-order valence-corrected chi connectivity index (χ4v) is 1.78. The second kappa shape index (κ2) is 4.84. The van der Waals surface area contributed by atoms with E-state index in [0.29, 0.717) is 0 Å². The minimum Gasteiger partial charge on any atom is -0.495 e. The molecule has 0 amide bonds. The fraction of sp³-hybridized carbons (Fsp3) is 0.308. The highest BCUT2D eigenvalue weighted by Gasteiger charge is 2.05. The molecule has 0 bridgehead atoms. The third kappa shape index (κ3) is 2.08. The SMILES string of the molecule is CCCc1ccc(-n2ccnc2)c(OC)c1. The Kier molecular flexibility index (Phi) is 3.25. The van der Waals surface area contributed by atoms with Gasteiger partial charge in [0.1, 0.15) is 5.75 Å². The van der Waals surface area contributed by atoms with Crippen LogP contribution in [0.3, 0.4) is 0 Å². The minimum atomic E-state index is 0.893. The number of benzene rings is 1. The van der Waals surface area contributed by atoms with E-state index in [1.807, 2.05) is 10.8 Å². The Bertz CT molecular complexity index is 449. The van der Waals surface area contributed by atoms with Gasteiger partial charge in [-0.25, -0.2) is 4.98 Å². The van der Waals surface area contributed by atoms with Crippen molar-refractivity contribution in [1.29, 1.82) is 0 Å². The highest BCUT2D eigenvalue weighted by Crippen LogP contribution is 2.24. The van der Waals surface area contributed by atoms with Gasteiger partial charge in [0.2, 0.25) is 0 Å². The maximum atomic E-state index is 5.41. The van der Waals surface area contributed by atoms with Gasteiger partial charge in [-0.2, -0.15) is 0 Å². The van der Waals surface area contributed by atoms with E-state index in [2.05, 4.69) is 30.1 Å². The van der Waals surface area contributed by atoms with E-state index < -0.39 is 0 Å². The minimum absolute atomic E-state index is 0.893. The molecule has 0 aliphatic rings. The molecule has 2 rings (SSSR count). The zero-order valence-corrected chi connectivity index (χ0v) is 9.68. The molecule has 0 saturated heterocycles. The Balaban J connectivity index is 2.39. The molecule has 0 radical (unpaired) electrons. The van der Waals surface area contributed by atoms with Crippen LogP contribution >= 0.6 is 0 Å². The average Bonchev–Trinajstić information content (AvgIpc) is 2.83. The summed E-state index contributed by atoms with van der Waals surface area (Å²) in [6, 6.07) is 6.31. The molecule has 0 aliphatic heterocycles. The third-order valence-electron chi connectivity index (χ3n) is 2.57. The summed E-state index contributed by atoms with van der Waals surface area (Å²) in [5, 5.41) is 0. The van der Waals surface area contributed by atoms with Gasteiger partial charge in [0.15, 0.2) is 0 Å². The first kappa shape index (κ1) is 10.7. The summed E-state index contributed by atoms with van der Waals surface area (Å²) in [5.74, 6) is 0.893. The van der Waals surface area contributed by atoms with Crippen molar-refractivity contribution in [2.75, 3.05) is 7.11 Å². The standard InChI is InChI=1S/C13H16N2O/c1-3-4-11-5-6-12(13(9-11)16-2)15-8-7-14-10-15/h5-10H,3-4H2,1-2H3. The fourth-order valence-electron chi connectivity index (χ4n) is 1.78. The topological polar surface area (TPSA) is 27.1 Å². The molecule has 0 saturated carbocycles. The molecule has 1 aromatic carbocycles. The van der Waals surface area contributed by atoms with E-state index >= 15 is 0 Å². The molecule has 3 nitrogen and oxygen atoms in total. The smallest absolute Gasteiger partial charge is 0.143 e. The summed E-state index contributed by atoms with van der Waals surface area (Å²) in [5.41, 5.74) is 2.34. The molecule has 0 unspecified atom stereocenters. The molecule has 1 aromatic heterocycles. The lowest BCUT2D eigenvalue weighted by atomic mass is 10.1. The molecule has 0 aliphatic carbocycles. The van der Waals surface area contributed by atoms with Crippen molar-refractivity contribution in [3.63, 3.8) is 0 Å². The molecule has 0 spiro atoms. The number of hydrogen-bond acceptors (Lipinski definition) is 2. The van der Waals surface area contributed by atoms with Crippen molar-refractivity contribution in [3.8, 4) is 11.4 Å². The molecule has 0 fully saturated rings. The number of hydrogen-bond donors (Lipinski definition) is 0. The molecule has 0 atom stereocenters. The van der Waals surface area contributed by atoms with Crippen LogP contribution in [0.15, 0.2) is 36.9 Å². The monoisotopic (exact) mass is 216 g/mol. The number of aryl methyl sites for hydroxylation is 1.